The molecule has 0 aromatic carbocycles. The van der Waals surface area contributed by atoms with Crippen LogP contribution in [-0.4, -0.2) is 47.4 Å². The van der Waals surface area contributed by atoms with E-state index in [-0.39, 0.29) is 18.5 Å². The normalized spacial score (nSPS) is 12.8. The van der Waals surface area contributed by atoms with E-state index < -0.39 is 12.1 Å². The molecule has 59 heavy (non-hydrogen) atoms. The van der Waals surface area contributed by atoms with Crippen LogP contribution in [-0.2, 0) is 14.3 Å². The average Bonchev–Trinajstić information content (AvgIpc) is 3.24. The summed E-state index contributed by atoms with van der Waals surface area (Å²) in [6.07, 6.45) is 57.2. The number of rotatable bonds is 48. The van der Waals surface area contributed by atoms with Gasteiger partial charge in [0.05, 0.1) is 25.4 Å². The Balaban J connectivity index is 3.52. The zero-order chi connectivity index (χ0) is 43.0. The van der Waals surface area contributed by atoms with Crippen LogP contribution in [0.1, 0.15) is 277 Å². The lowest BCUT2D eigenvalue weighted by Crippen LogP contribution is -2.45. The van der Waals surface area contributed by atoms with Gasteiger partial charge in [0.25, 0.3) is 0 Å². The third-order valence-corrected chi connectivity index (χ3v) is 12.0. The molecule has 0 aromatic rings. The highest BCUT2D eigenvalue weighted by atomic mass is 16.5. The van der Waals surface area contributed by atoms with Crippen molar-refractivity contribution in [3.05, 3.63) is 24.3 Å². The van der Waals surface area contributed by atoms with Gasteiger partial charge in [-0.1, -0.05) is 205 Å². The van der Waals surface area contributed by atoms with Crippen molar-refractivity contribution in [2.75, 3.05) is 13.2 Å². The molecule has 0 spiro atoms. The molecule has 2 atom stereocenters. The van der Waals surface area contributed by atoms with Crippen molar-refractivity contribution in [2.24, 2.45) is 0 Å². The van der Waals surface area contributed by atoms with Gasteiger partial charge < -0.3 is 20.3 Å². The molecule has 0 aliphatic carbocycles. The van der Waals surface area contributed by atoms with Crippen molar-refractivity contribution in [1.29, 1.82) is 0 Å². The van der Waals surface area contributed by atoms with Crippen LogP contribution in [0.15, 0.2) is 24.3 Å². The predicted octanol–water partition coefficient (Wildman–Crippen LogP) is 15.5. The molecule has 0 saturated carbocycles. The molecule has 2 unspecified atom stereocenters. The third-order valence-electron chi connectivity index (χ3n) is 12.0. The van der Waals surface area contributed by atoms with E-state index in [9.17, 15) is 19.8 Å². The van der Waals surface area contributed by atoms with Crippen molar-refractivity contribution in [3.63, 3.8) is 0 Å². The molecular formula is C53H101NO5. The molecule has 0 aliphatic rings. The van der Waals surface area contributed by atoms with Crippen LogP contribution in [0.25, 0.3) is 0 Å². The number of carbonyl (C=O) groups excluding carboxylic acids is 2. The van der Waals surface area contributed by atoms with Gasteiger partial charge >= 0.3 is 5.97 Å². The standard InChI is InChI=1S/C53H101NO5/c1-3-5-7-9-11-13-15-17-18-19-20-22-25-29-33-37-41-45-51(56)50(49-55)54-52(57)46-42-38-34-30-26-23-24-28-32-36-40-44-48-59-53(58)47-43-39-35-31-27-21-16-14-12-10-8-6-4-2/h14,16,24,28,50-51,55-56H,3-13,15,17-23,25-27,29-49H2,1-2H3,(H,54,57)/b16-14-,28-24-. The number of ether oxygens (including phenoxy) is 1. The van der Waals surface area contributed by atoms with E-state index in [0.29, 0.717) is 25.9 Å². The zero-order valence-electron chi connectivity index (χ0n) is 39.5. The van der Waals surface area contributed by atoms with E-state index >= 15 is 0 Å². The van der Waals surface area contributed by atoms with Gasteiger partial charge in [0, 0.05) is 12.8 Å². The Morgan fingerprint density at radius 1 is 0.458 bits per heavy atom. The number of hydrogen-bond acceptors (Lipinski definition) is 5. The van der Waals surface area contributed by atoms with E-state index in [1.165, 1.54) is 167 Å². The second-order valence-corrected chi connectivity index (χ2v) is 17.8. The van der Waals surface area contributed by atoms with E-state index in [0.717, 1.165) is 77.0 Å². The van der Waals surface area contributed by atoms with E-state index in [1.807, 2.05) is 0 Å². The maximum absolute atomic E-state index is 12.5. The topological polar surface area (TPSA) is 95.9 Å². The maximum atomic E-state index is 12.5. The molecule has 6 heteroatoms. The molecule has 0 aromatic heterocycles. The summed E-state index contributed by atoms with van der Waals surface area (Å²) in [6, 6.07) is -0.560. The van der Waals surface area contributed by atoms with Crippen LogP contribution < -0.4 is 5.32 Å². The highest BCUT2D eigenvalue weighted by Gasteiger charge is 2.20. The van der Waals surface area contributed by atoms with Gasteiger partial charge in [0.15, 0.2) is 0 Å². The minimum atomic E-state index is -0.680. The average molecular weight is 832 g/mol. The molecule has 0 bridgehead atoms. The summed E-state index contributed by atoms with van der Waals surface area (Å²) < 4.78 is 5.43. The lowest BCUT2D eigenvalue weighted by Gasteiger charge is -2.22. The molecule has 1 amide bonds. The lowest BCUT2D eigenvalue weighted by molar-refractivity contribution is -0.143. The molecule has 0 saturated heterocycles. The summed E-state index contributed by atoms with van der Waals surface area (Å²) in [5.74, 6) is -0.0921. The van der Waals surface area contributed by atoms with Crippen molar-refractivity contribution in [1.82, 2.24) is 5.32 Å². The molecular weight excluding hydrogens is 731 g/mol. The van der Waals surface area contributed by atoms with E-state index in [1.54, 1.807) is 0 Å². The predicted molar refractivity (Wildman–Crippen MR) is 255 cm³/mol. The Bertz CT molecular complexity index is 920. The van der Waals surface area contributed by atoms with Crippen molar-refractivity contribution in [3.8, 4) is 0 Å². The minimum Gasteiger partial charge on any atom is -0.466 e. The first-order valence-electron chi connectivity index (χ1n) is 26.1. The summed E-state index contributed by atoms with van der Waals surface area (Å²) in [4.78, 5) is 24.4. The zero-order valence-corrected chi connectivity index (χ0v) is 39.5. The lowest BCUT2D eigenvalue weighted by atomic mass is 10.0. The molecule has 0 heterocycles. The van der Waals surface area contributed by atoms with Gasteiger partial charge in [0.1, 0.15) is 0 Å². The fourth-order valence-electron chi connectivity index (χ4n) is 7.92. The van der Waals surface area contributed by atoms with Gasteiger partial charge in [0.2, 0.25) is 5.91 Å². The number of nitrogens with one attached hydrogen (secondary N) is 1. The molecule has 0 rings (SSSR count). The quantitative estimate of drug-likeness (QED) is 0.0322. The second-order valence-electron chi connectivity index (χ2n) is 17.8. The first-order valence-corrected chi connectivity index (χ1v) is 26.1. The number of aliphatic hydroxyl groups excluding tert-OH is 2. The largest absolute Gasteiger partial charge is 0.466 e. The molecule has 348 valence electrons. The molecule has 0 fully saturated rings. The third kappa shape index (κ3) is 45.7. The molecule has 0 radical (unpaired) electrons. The van der Waals surface area contributed by atoms with Gasteiger partial charge in [-0.15, -0.1) is 0 Å². The highest BCUT2D eigenvalue weighted by Crippen LogP contribution is 2.16. The van der Waals surface area contributed by atoms with Crippen LogP contribution in [0.4, 0.5) is 0 Å². The highest BCUT2D eigenvalue weighted by molar-refractivity contribution is 5.76. The van der Waals surface area contributed by atoms with Crippen LogP contribution in [0.3, 0.4) is 0 Å². The summed E-state index contributed by atoms with van der Waals surface area (Å²) in [6.45, 7) is 4.88. The van der Waals surface area contributed by atoms with E-state index in [2.05, 4.69) is 43.5 Å². The summed E-state index contributed by atoms with van der Waals surface area (Å²) in [5.41, 5.74) is 0. The number of carbonyl (C=O) groups is 2. The minimum absolute atomic E-state index is 0.0319. The van der Waals surface area contributed by atoms with Gasteiger partial charge in [-0.3, -0.25) is 9.59 Å². The van der Waals surface area contributed by atoms with Crippen LogP contribution in [0.5, 0.6) is 0 Å². The number of unbranched alkanes of at least 4 members (excludes halogenated alkanes) is 33. The number of esters is 1. The van der Waals surface area contributed by atoms with Gasteiger partial charge in [-0.05, 0) is 83.5 Å². The smallest absolute Gasteiger partial charge is 0.305 e. The van der Waals surface area contributed by atoms with Crippen LogP contribution in [0.2, 0.25) is 0 Å². The fourth-order valence-corrected chi connectivity index (χ4v) is 7.92. The first-order chi connectivity index (χ1) is 29.0. The number of allylic oxidation sites excluding steroid dienone is 4. The Hall–Kier alpha value is -1.66. The summed E-state index contributed by atoms with van der Waals surface area (Å²) in [5, 5.41) is 23.2. The Morgan fingerprint density at radius 2 is 0.797 bits per heavy atom. The van der Waals surface area contributed by atoms with Crippen molar-refractivity contribution < 1.29 is 24.5 Å². The van der Waals surface area contributed by atoms with Crippen LogP contribution in [0, 0.1) is 0 Å². The van der Waals surface area contributed by atoms with Gasteiger partial charge in [-0.2, -0.15) is 0 Å². The van der Waals surface area contributed by atoms with Crippen LogP contribution >= 0.6 is 0 Å². The molecule has 6 nitrogen and oxygen atoms in total. The maximum Gasteiger partial charge on any atom is 0.305 e. The molecule has 0 aliphatic heterocycles. The number of hydrogen-bond donors (Lipinski definition) is 3. The summed E-state index contributed by atoms with van der Waals surface area (Å²) in [7, 11) is 0. The number of amides is 1. The van der Waals surface area contributed by atoms with Gasteiger partial charge in [-0.25, -0.2) is 0 Å². The Kier molecular flexibility index (Phi) is 47.6. The molecule has 3 N–H and O–H groups in total. The van der Waals surface area contributed by atoms with Crippen molar-refractivity contribution >= 4 is 11.9 Å². The fraction of sp³-hybridized carbons (Fsp3) is 0.887. The second kappa shape index (κ2) is 49.0. The monoisotopic (exact) mass is 832 g/mol. The number of aliphatic hydroxyl groups is 2. The first kappa shape index (κ1) is 57.3. The van der Waals surface area contributed by atoms with Crippen molar-refractivity contribution in [2.45, 2.75) is 289 Å². The Morgan fingerprint density at radius 3 is 1.22 bits per heavy atom. The van der Waals surface area contributed by atoms with E-state index in [4.69, 9.17) is 4.74 Å². The summed E-state index contributed by atoms with van der Waals surface area (Å²) >= 11 is 0. The SMILES string of the molecule is CCCCCC/C=C\CCCCCCCC(=O)OCCCCC/C=C\CCCCCCCC(=O)NC(CO)C(O)CCCCCCCCCCCCCCCCCCC. The Labute approximate surface area is 367 Å².